The van der Waals surface area contributed by atoms with Crippen LogP contribution in [0.3, 0.4) is 0 Å². The molecule has 1 fully saturated rings. The highest BCUT2D eigenvalue weighted by Crippen LogP contribution is 2.31. The maximum absolute atomic E-state index is 12.8. The summed E-state index contributed by atoms with van der Waals surface area (Å²) >= 11 is 0. The average molecular weight is 233 g/mol. The van der Waals surface area contributed by atoms with Crippen LogP contribution in [-0.4, -0.2) is 17.7 Å². The number of ketones is 1. The summed E-state index contributed by atoms with van der Waals surface area (Å²) < 4.78 is 12.8. The SMILES string of the molecule is CC(=O)/C=C1\C(=O)N(c2ccc(F)cc2)C1C. The minimum absolute atomic E-state index is 0.140. The van der Waals surface area contributed by atoms with Crippen LogP contribution >= 0.6 is 0 Å². The van der Waals surface area contributed by atoms with Gasteiger partial charge >= 0.3 is 0 Å². The van der Waals surface area contributed by atoms with E-state index in [1.165, 1.54) is 30.0 Å². The fraction of sp³-hybridized carbons (Fsp3) is 0.231. The number of halogens is 1. The van der Waals surface area contributed by atoms with Crippen LogP contribution in [0.1, 0.15) is 13.8 Å². The van der Waals surface area contributed by atoms with Crippen molar-refractivity contribution in [2.45, 2.75) is 19.9 Å². The molecule has 0 aromatic heterocycles. The Morgan fingerprint density at radius 2 is 1.94 bits per heavy atom. The van der Waals surface area contributed by atoms with E-state index in [9.17, 15) is 14.0 Å². The van der Waals surface area contributed by atoms with Crippen LogP contribution in [0.5, 0.6) is 0 Å². The smallest absolute Gasteiger partial charge is 0.256 e. The summed E-state index contributed by atoms with van der Waals surface area (Å²) in [6, 6.07) is 5.57. The van der Waals surface area contributed by atoms with Gasteiger partial charge in [-0.1, -0.05) is 0 Å². The predicted molar refractivity (Wildman–Crippen MR) is 62.1 cm³/mol. The Morgan fingerprint density at radius 3 is 2.41 bits per heavy atom. The van der Waals surface area contributed by atoms with Crippen molar-refractivity contribution in [3.8, 4) is 0 Å². The highest BCUT2D eigenvalue weighted by molar-refractivity contribution is 6.17. The number of benzene rings is 1. The van der Waals surface area contributed by atoms with Gasteiger partial charge in [0, 0.05) is 11.3 Å². The Bertz CT molecular complexity index is 505. The number of nitrogens with zero attached hydrogens (tertiary/aromatic N) is 1. The van der Waals surface area contributed by atoms with Crippen LogP contribution in [0.4, 0.5) is 10.1 Å². The Balaban J connectivity index is 2.24. The minimum atomic E-state index is -0.339. The molecule has 1 aliphatic heterocycles. The second-order valence-corrected chi connectivity index (χ2v) is 4.04. The first-order valence-corrected chi connectivity index (χ1v) is 5.32. The third-order valence-corrected chi connectivity index (χ3v) is 2.77. The quantitative estimate of drug-likeness (QED) is 0.579. The molecule has 1 amide bonds. The maximum Gasteiger partial charge on any atom is 0.256 e. The molecule has 1 aromatic rings. The van der Waals surface area contributed by atoms with Crippen LogP contribution in [0.2, 0.25) is 0 Å². The van der Waals surface area contributed by atoms with Crippen molar-refractivity contribution >= 4 is 17.4 Å². The van der Waals surface area contributed by atoms with Crippen molar-refractivity contribution in [3.63, 3.8) is 0 Å². The molecule has 0 radical (unpaired) electrons. The summed E-state index contributed by atoms with van der Waals surface area (Å²) in [5.41, 5.74) is 1.14. The Labute approximate surface area is 98.5 Å². The zero-order valence-corrected chi connectivity index (χ0v) is 9.61. The van der Waals surface area contributed by atoms with Crippen LogP contribution in [0, 0.1) is 5.82 Å². The molecule has 3 nitrogen and oxygen atoms in total. The lowest BCUT2D eigenvalue weighted by Crippen LogP contribution is -2.54. The Hall–Kier alpha value is -1.97. The summed E-state index contributed by atoms with van der Waals surface area (Å²) in [5.74, 6) is -0.674. The molecule has 0 bridgehead atoms. The molecule has 2 rings (SSSR count). The van der Waals surface area contributed by atoms with Crippen LogP contribution in [0.25, 0.3) is 0 Å². The molecule has 1 aromatic carbocycles. The molecule has 0 spiro atoms. The zero-order chi connectivity index (χ0) is 12.6. The number of amides is 1. The predicted octanol–water partition coefficient (Wildman–Crippen LogP) is 2.08. The lowest BCUT2D eigenvalue weighted by molar-refractivity contribution is -0.119. The monoisotopic (exact) mass is 233 g/mol. The molecule has 0 aliphatic carbocycles. The lowest BCUT2D eigenvalue weighted by atomic mass is 9.94. The Morgan fingerprint density at radius 1 is 1.35 bits per heavy atom. The third-order valence-electron chi connectivity index (χ3n) is 2.77. The first-order chi connectivity index (χ1) is 8.00. The zero-order valence-electron chi connectivity index (χ0n) is 9.61. The number of hydrogen-bond donors (Lipinski definition) is 0. The van der Waals surface area contributed by atoms with Gasteiger partial charge in [-0.25, -0.2) is 4.39 Å². The van der Waals surface area contributed by atoms with Gasteiger partial charge in [0.25, 0.3) is 5.91 Å². The highest BCUT2D eigenvalue weighted by Gasteiger charge is 2.39. The molecule has 1 aliphatic rings. The first-order valence-electron chi connectivity index (χ1n) is 5.32. The van der Waals surface area contributed by atoms with E-state index in [0.717, 1.165) is 0 Å². The standard InChI is InChI=1S/C13H12FNO2/c1-8(16)7-12-9(2)15(13(12)17)11-5-3-10(14)4-6-11/h3-7,9H,1-2H3/b12-7-. The van der Waals surface area contributed by atoms with Crippen molar-refractivity contribution < 1.29 is 14.0 Å². The summed E-state index contributed by atoms with van der Waals surface area (Å²) in [4.78, 5) is 24.3. The van der Waals surface area contributed by atoms with E-state index in [1.54, 1.807) is 12.1 Å². The minimum Gasteiger partial charge on any atom is -0.301 e. The van der Waals surface area contributed by atoms with Gasteiger partial charge in [-0.3, -0.25) is 9.59 Å². The maximum atomic E-state index is 12.8. The van der Waals surface area contributed by atoms with E-state index in [0.29, 0.717) is 11.3 Å². The number of hydrogen-bond acceptors (Lipinski definition) is 2. The van der Waals surface area contributed by atoms with Crippen molar-refractivity contribution in [2.24, 2.45) is 0 Å². The van der Waals surface area contributed by atoms with Gasteiger partial charge in [-0.05, 0) is 44.2 Å². The summed E-state index contributed by atoms with van der Waals surface area (Å²) in [7, 11) is 0. The number of allylic oxidation sites excluding steroid dienone is 1. The normalized spacial score (nSPS) is 21.6. The molecule has 0 saturated carbocycles. The van der Waals surface area contributed by atoms with Gasteiger partial charge in [0.2, 0.25) is 0 Å². The molecule has 1 saturated heterocycles. The fourth-order valence-electron chi connectivity index (χ4n) is 1.91. The van der Waals surface area contributed by atoms with Crippen LogP contribution in [-0.2, 0) is 9.59 Å². The van der Waals surface area contributed by atoms with Gasteiger partial charge in [-0.15, -0.1) is 0 Å². The van der Waals surface area contributed by atoms with Gasteiger partial charge < -0.3 is 4.90 Å². The fourth-order valence-corrected chi connectivity index (χ4v) is 1.91. The topological polar surface area (TPSA) is 37.4 Å². The van der Waals surface area contributed by atoms with Gasteiger partial charge in [0.05, 0.1) is 6.04 Å². The van der Waals surface area contributed by atoms with Crippen molar-refractivity contribution in [2.75, 3.05) is 4.90 Å². The number of carbonyl (C=O) groups is 2. The molecule has 1 heterocycles. The van der Waals surface area contributed by atoms with E-state index in [-0.39, 0.29) is 23.5 Å². The lowest BCUT2D eigenvalue weighted by Gasteiger charge is -2.40. The number of β-lactam (4-membered cyclic amide) rings is 1. The molecule has 4 heteroatoms. The second kappa shape index (κ2) is 4.13. The third kappa shape index (κ3) is 1.98. The van der Waals surface area contributed by atoms with Gasteiger partial charge in [0.15, 0.2) is 5.78 Å². The van der Waals surface area contributed by atoms with Crippen LogP contribution < -0.4 is 4.90 Å². The molecule has 17 heavy (non-hydrogen) atoms. The first kappa shape index (κ1) is 11.5. The van der Waals surface area contributed by atoms with Crippen molar-refractivity contribution in [1.82, 2.24) is 0 Å². The molecular weight excluding hydrogens is 221 g/mol. The molecule has 0 N–H and O–H groups in total. The largest absolute Gasteiger partial charge is 0.301 e. The summed E-state index contributed by atoms with van der Waals surface area (Å²) in [6.07, 6.45) is 1.35. The van der Waals surface area contributed by atoms with Crippen LogP contribution in [0.15, 0.2) is 35.9 Å². The van der Waals surface area contributed by atoms with E-state index in [2.05, 4.69) is 0 Å². The van der Waals surface area contributed by atoms with Gasteiger partial charge in [0.1, 0.15) is 5.82 Å². The Kier molecular flexibility index (Phi) is 2.79. The summed E-state index contributed by atoms with van der Waals surface area (Å²) in [5, 5.41) is 0. The van der Waals surface area contributed by atoms with E-state index < -0.39 is 0 Å². The average Bonchev–Trinajstić information content (AvgIpc) is 2.29. The number of anilines is 1. The van der Waals surface area contributed by atoms with Crippen molar-refractivity contribution in [1.29, 1.82) is 0 Å². The summed E-state index contributed by atoms with van der Waals surface area (Å²) in [6.45, 7) is 3.24. The second-order valence-electron chi connectivity index (χ2n) is 4.04. The molecule has 88 valence electrons. The van der Waals surface area contributed by atoms with E-state index in [1.807, 2.05) is 6.92 Å². The molecule has 1 atom stereocenters. The number of carbonyl (C=O) groups excluding carboxylic acids is 2. The number of rotatable bonds is 2. The molecule has 1 unspecified atom stereocenters. The highest BCUT2D eigenvalue weighted by atomic mass is 19.1. The van der Waals surface area contributed by atoms with Gasteiger partial charge in [-0.2, -0.15) is 0 Å². The van der Waals surface area contributed by atoms with E-state index in [4.69, 9.17) is 0 Å². The van der Waals surface area contributed by atoms with Crippen molar-refractivity contribution in [3.05, 3.63) is 41.7 Å². The molecular formula is C13H12FNO2. The van der Waals surface area contributed by atoms with E-state index >= 15 is 0 Å².